The lowest BCUT2D eigenvalue weighted by molar-refractivity contribution is -1.000. The first kappa shape index (κ1) is 17.0. The van der Waals surface area contributed by atoms with Crippen LogP contribution >= 0.6 is 0 Å². The van der Waals surface area contributed by atoms with E-state index in [4.69, 9.17) is 0 Å². The van der Waals surface area contributed by atoms with E-state index in [-0.39, 0.29) is 5.91 Å². The number of hydrogen-bond donors (Lipinski definition) is 3. The van der Waals surface area contributed by atoms with E-state index in [9.17, 15) is 4.79 Å². The summed E-state index contributed by atoms with van der Waals surface area (Å²) in [6.45, 7) is 10.3. The number of amides is 1. The van der Waals surface area contributed by atoms with E-state index >= 15 is 0 Å². The molecule has 1 fully saturated rings. The van der Waals surface area contributed by atoms with Crippen molar-refractivity contribution in [2.45, 2.75) is 26.2 Å². The zero-order valence-electron chi connectivity index (χ0n) is 14.2. The number of rotatable bonds is 6. The van der Waals surface area contributed by atoms with E-state index in [1.54, 1.807) is 4.90 Å². The van der Waals surface area contributed by atoms with Crippen molar-refractivity contribution in [3.63, 3.8) is 0 Å². The number of carbonyl (C=O) groups excluding carboxylic acids is 1. The zero-order valence-corrected chi connectivity index (χ0v) is 14.2. The van der Waals surface area contributed by atoms with E-state index in [1.807, 2.05) is 0 Å². The lowest BCUT2D eigenvalue weighted by Crippen LogP contribution is -3.27. The predicted octanol–water partition coefficient (Wildman–Crippen LogP) is -1.12. The van der Waals surface area contributed by atoms with E-state index in [1.165, 1.54) is 29.1 Å². The fourth-order valence-corrected chi connectivity index (χ4v) is 2.91. The van der Waals surface area contributed by atoms with Crippen LogP contribution in [0.4, 0.5) is 0 Å². The molecule has 122 valence electrons. The van der Waals surface area contributed by atoms with Crippen LogP contribution in [0.1, 0.15) is 30.9 Å². The maximum absolute atomic E-state index is 12.0. The standard InChI is InChI=1S/C18H29N3O/c1-15(2)17-6-4-16(5-7-17)8-9-19-18(22)14-21-12-10-20(3)11-13-21/h4-7,15H,8-14H2,1-3H3,(H,19,22)/p+2. The van der Waals surface area contributed by atoms with Crippen molar-refractivity contribution in [2.24, 2.45) is 0 Å². The molecule has 1 aliphatic heterocycles. The minimum absolute atomic E-state index is 0.188. The number of carbonyl (C=O) groups is 1. The molecule has 1 amide bonds. The summed E-state index contributed by atoms with van der Waals surface area (Å²) >= 11 is 0. The van der Waals surface area contributed by atoms with Gasteiger partial charge in [0, 0.05) is 6.54 Å². The molecule has 0 spiro atoms. The van der Waals surface area contributed by atoms with Gasteiger partial charge in [0.1, 0.15) is 26.2 Å². The smallest absolute Gasteiger partial charge is 0.275 e. The van der Waals surface area contributed by atoms with Gasteiger partial charge in [-0.1, -0.05) is 38.1 Å². The molecule has 0 bridgehead atoms. The normalized spacial score (nSPS) is 21.8. The SMILES string of the molecule is CC(C)c1ccc(CCNC(=O)C[NH+]2CC[NH+](C)CC2)cc1. The Morgan fingerprint density at radius 3 is 2.36 bits per heavy atom. The van der Waals surface area contributed by atoms with Crippen molar-refractivity contribution < 1.29 is 14.6 Å². The summed E-state index contributed by atoms with van der Waals surface area (Å²) in [5, 5.41) is 3.06. The number of hydrogen-bond acceptors (Lipinski definition) is 1. The molecule has 1 aromatic rings. The van der Waals surface area contributed by atoms with Gasteiger partial charge in [-0.3, -0.25) is 4.79 Å². The van der Waals surface area contributed by atoms with Crippen molar-refractivity contribution in [1.29, 1.82) is 0 Å². The number of likely N-dealkylation sites (N-methyl/N-ethyl adjacent to an activating group) is 1. The Morgan fingerprint density at radius 2 is 1.77 bits per heavy atom. The number of nitrogens with one attached hydrogen (secondary N) is 3. The van der Waals surface area contributed by atoms with Gasteiger partial charge in [-0.15, -0.1) is 0 Å². The molecule has 0 aromatic heterocycles. The van der Waals surface area contributed by atoms with Crippen LogP contribution in [-0.2, 0) is 11.2 Å². The third kappa shape index (κ3) is 5.43. The van der Waals surface area contributed by atoms with Crippen LogP contribution in [0.25, 0.3) is 0 Å². The van der Waals surface area contributed by atoms with Gasteiger partial charge < -0.3 is 15.1 Å². The Hall–Kier alpha value is -1.39. The Kier molecular flexibility index (Phi) is 6.40. The average molecular weight is 305 g/mol. The van der Waals surface area contributed by atoms with Crippen LogP contribution in [0.15, 0.2) is 24.3 Å². The molecule has 1 aliphatic rings. The molecule has 22 heavy (non-hydrogen) atoms. The van der Waals surface area contributed by atoms with Crippen LogP contribution in [0, 0.1) is 0 Å². The summed E-state index contributed by atoms with van der Waals surface area (Å²) in [5.41, 5.74) is 2.66. The number of quaternary nitrogens is 2. The van der Waals surface area contributed by atoms with Gasteiger partial charge in [0.15, 0.2) is 6.54 Å². The minimum atomic E-state index is 0.188. The predicted molar refractivity (Wildman–Crippen MR) is 89.4 cm³/mol. The van der Waals surface area contributed by atoms with Crippen molar-refractivity contribution >= 4 is 5.91 Å². The van der Waals surface area contributed by atoms with Crippen molar-refractivity contribution in [1.82, 2.24) is 5.32 Å². The number of benzene rings is 1. The van der Waals surface area contributed by atoms with Gasteiger partial charge in [-0.05, 0) is 23.5 Å². The Labute approximate surface area is 134 Å². The van der Waals surface area contributed by atoms with Crippen LogP contribution in [-0.4, -0.2) is 52.2 Å². The molecule has 0 aliphatic carbocycles. The van der Waals surface area contributed by atoms with Gasteiger partial charge in [0.25, 0.3) is 5.91 Å². The molecular weight excluding hydrogens is 274 g/mol. The summed E-state index contributed by atoms with van der Waals surface area (Å²) in [7, 11) is 2.22. The molecule has 0 saturated carbocycles. The molecule has 3 N–H and O–H groups in total. The lowest BCUT2D eigenvalue weighted by Gasteiger charge is -2.26. The zero-order chi connectivity index (χ0) is 15.9. The molecule has 0 atom stereocenters. The van der Waals surface area contributed by atoms with Gasteiger partial charge in [0.2, 0.25) is 0 Å². The highest BCUT2D eigenvalue weighted by molar-refractivity contribution is 5.76. The highest BCUT2D eigenvalue weighted by Crippen LogP contribution is 2.14. The summed E-state index contributed by atoms with van der Waals surface area (Å²) in [6, 6.07) is 8.74. The average Bonchev–Trinajstić information content (AvgIpc) is 2.50. The van der Waals surface area contributed by atoms with Gasteiger partial charge >= 0.3 is 0 Å². The molecule has 0 unspecified atom stereocenters. The van der Waals surface area contributed by atoms with Crippen LogP contribution in [0.3, 0.4) is 0 Å². The van der Waals surface area contributed by atoms with Gasteiger partial charge in [-0.25, -0.2) is 0 Å². The van der Waals surface area contributed by atoms with Crippen molar-refractivity contribution in [3.05, 3.63) is 35.4 Å². The van der Waals surface area contributed by atoms with Crippen LogP contribution in [0.5, 0.6) is 0 Å². The first-order valence-electron chi connectivity index (χ1n) is 8.55. The fraction of sp³-hybridized carbons (Fsp3) is 0.611. The second-order valence-corrected chi connectivity index (χ2v) is 6.88. The summed E-state index contributed by atoms with van der Waals surface area (Å²) in [6.07, 6.45) is 0.909. The summed E-state index contributed by atoms with van der Waals surface area (Å²) in [5.74, 6) is 0.760. The molecule has 2 rings (SSSR count). The minimum Gasteiger partial charge on any atom is -0.351 e. The molecule has 0 radical (unpaired) electrons. The first-order valence-corrected chi connectivity index (χ1v) is 8.55. The van der Waals surface area contributed by atoms with Gasteiger partial charge in [-0.2, -0.15) is 0 Å². The Bertz CT molecular complexity index is 462. The second-order valence-electron chi connectivity index (χ2n) is 6.88. The van der Waals surface area contributed by atoms with E-state index in [0.29, 0.717) is 12.5 Å². The molecule has 1 saturated heterocycles. The summed E-state index contributed by atoms with van der Waals surface area (Å²) < 4.78 is 0. The largest absolute Gasteiger partial charge is 0.351 e. The first-order chi connectivity index (χ1) is 10.5. The Morgan fingerprint density at radius 1 is 1.14 bits per heavy atom. The van der Waals surface area contributed by atoms with Crippen LogP contribution in [0.2, 0.25) is 0 Å². The van der Waals surface area contributed by atoms with E-state index in [0.717, 1.165) is 26.1 Å². The molecule has 4 heteroatoms. The summed E-state index contributed by atoms with van der Waals surface area (Å²) in [4.78, 5) is 15.0. The van der Waals surface area contributed by atoms with E-state index in [2.05, 4.69) is 50.5 Å². The highest BCUT2D eigenvalue weighted by Gasteiger charge is 2.21. The quantitative estimate of drug-likeness (QED) is 0.612. The van der Waals surface area contributed by atoms with Crippen molar-refractivity contribution in [2.75, 3.05) is 46.3 Å². The Balaban J connectivity index is 1.66. The second kappa shape index (κ2) is 8.30. The van der Waals surface area contributed by atoms with E-state index < -0.39 is 0 Å². The maximum atomic E-state index is 12.0. The maximum Gasteiger partial charge on any atom is 0.275 e. The third-order valence-electron chi connectivity index (χ3n) is 4.60. The fourth-order valence-electron chi connectivity index (χ4n) is 2.91. The molecule has 4 nitrogen and oxygen atoms in total. The van der Waals surface area contributed by atoms with Crippen molar-refractivity contribution in [3.8, 4) is 0 Å². The lowest BCUT2D eigenvalue weighted by atomic mass is 10.0. The molecule has 1 aromatic carbocycles. The monoisotopic (exact) mass is 305 g/mol. The third-order valence-corrected chi connectivity index (χ3v) is 4.60. The topological polar surface area (TPSA) is 38.0 Å². The van der Waals surface area contributed by atoms with Crippen LogP contribution < -0.4 is 15.1 Å². The number of piperazine rings is 1. The van der Waals surface area contributed by atoms with Gasteiger partial charge in [0.05, 0.1) is 7.05 Å². The molecular formula is C18H31N3O+2. The molecule has 1 heterocycles. The highest BCUT2D eigenvalue weighted by atomic mass is 16.2.